The lowest BCUT2D eigenvalue weighted by molar-refractivity contribution is -0.278. The van der Waals surface area contributed by atoms with Crippen LogP contribution in [0, 0.1) is 0 Å². The number of esters is 1. The van der Waals surface area contributed by atoms with E-state index < -0.39 is 23.9 Å². The molecule has 5 nitrogen and oxygen atoms in total. The van der Waals surface area contributed by atoms with E-state index in [9.17, 15) is 18.0 Å². The maximum Gasteiger partial charge on any atom is 0.432 e. The summed E-state index contributed by atoms with van der Waals surface area (Å²) in [5, 5.41) is 0. The monoisotopic (exact) mass is 542 g/mol. The number of carbonyl (C=O) groups excluding carboxylic acids is 1. The molecular weight excluding hydrogens is 509 g/mol. The third-order valence-electron chi connectivity index (χ3n) is 6.44. The summed E-state index contributed by atoms with van der Waals surface area (Å²) in [7, 11) is 4.03. The molecule has 3 aromatic carbocycles. The van der Waals surface area contributed by atoms with Crippen LogP contribution in [-0.2, 0) is 26.3 Å². The summed E-state index contributed by atoms with van der Waals surface area (Å²) >= 11 is 0. The van der Waals surface area contributed by atoms with E-state index >= 15 is 0 Å². The van der Waals surface area contributed by atoms with Gasteiger partial charge in [0.2, 0.25) is 0 Å². The molecule has 2 atom stereocenters. The molecular formula is C31H33F3O5. The molecule has 0 spiro atoms. The zero-order valence-electron chi connectivity index (χ0n) is 22.2. The molecule has 0 amide bonds. The number of ether oxygens (including phenoxy) is 4. The van der Waals surface area contributed by atoms with E-state index in [1.807, 2.05) is 60.7 Å². The summed E-state index contributed by atoms with van der Waals surface area (Å²) in [6.07, 6.45) is -0.343. The summed E-state index contributed by atoms with van der Waals surface area (Å²) in [4.78, 5) is 13.2. The van der Waals surface area contributed by atoms with Crippen LogP contribution in [0.5, 0.6) is 11.5 Å². The molecule has 3 aromatic rings. The number of benzene rings is 3. The lowest BCUT2D eigenvalue weighted by Gasteiger charge is -2.33. The van der Waals surface area contributed by atoms with E-state index in [0.29, 0.717) is 31.4 Å². The number of alkyl halides is 3. The van der Waals surface area contributed by atoms with Gasteiger partial charge >= 0.3 is 12.1 Å². The molecule has 0 fully saturated rings. The average molecular weight is 543 g/mol. The predicted octanol–water partition coefficient (Wildman–Crippen LogP) is 7.15. The standard InChI is InChI=1S/C31H33F3O5/c1-36-26-18-13-23(14-19-26)9-7-8-12-28(22-17-24-15-20-27(37-2)21-16-24)39-29(35)30(38-3,31(32,33)34)25-10-5-4-6-11-25/h4-7,9-11,13-16,18-21,28H,8,12,17,22H2,1-3H3/b9-7+/t28-,30-/m0/s1. The van der Waals surface area contributed by atoms with Crippen molar-refractivity contribution in [1.29, 1.82) is 0 Å². The fourth-order valence-corrected chi connectivity index (χ4v) is 4.22. The molecule has 0 heterocycles. The highest BCUT2D eigenvalue weighted by Gasteiger charge is 2.64. The highest BCUT2D eigenvalue weighted by Crippen LogP contribution is 2.43. The van der Waals surface area contributed by atoms with E-state index in [1.54, 1.807) is 20.3 Å². The van der Waals surface area contributed by atoms with Gasteiger partial charge < -0.3 is 18.9 Å². The highest BCUT2D eigenvalue weighted by molar-refractivity contribution is 5.82. The smallest absolute Gasteiger partial charge is 0.432 e. The summed E-state index contributed by atoms with van der Waals surface area (Å²) in [5.74, 6) is -0.0479. The minimum Gasteiger partial charge on any atom is -0.497 e. The van der Waals surface area contributed by atoms with Gasteiger partial charge in [0.15, 0.2) is 0 Å². The van der Waals surface area contributed by atoms with E-state index in [1.165, 1.54) is 24.3 Å². The lowest BCUT2D eigenvalue weighted by atomic mass is 9.92. The number of methoxy groups -OCH3 is 3. The number of allylic oxidation sites excluding steroid dienone is 1. The van der Waals surface area contributed by atoms with E-state index in [2.05, 4.69) is 0 Å². The molecule has 0 unspecified atom stereocenters. The predicted molar refractivity (Wildman–Crippen MR) is 144 cm³/mol. The van der Waals surface area contributed by atoms with E-state index in [0.717, 1.165) is 24.0 Å². The Balaban J connectivity index is 1.78. The molecule has 0 bridgehead atoms. The Morgan fingerprint density at radius 2 is 1.41 bits per heavy atom. The Labute approximate surface area is 227 Å². The number of halogens is 3. The van der Waals surface area contributed by atoms with Crippen LogP contribution in [0.4, 0.5) is 13.2 Å². The Kier molecular flexibility index (Phi) is 10.6. The van der Waals surface area contributed by atoms with Crippen molar-refractivity contribution in [3.05, 3.63) is 102 Å². The van der Waals surface area contributed by atoms with Crippen molar-refractivity contribution in [3.8, 4) is 11.5 Å². The van der Waals surface area contributed by atoms with Crippen molar-refractivity contribution in [1.82, 2.24) is 0 Å². The molecule has 208 valence electrons. The molecule has 0 radical (unpaired) electrons. The maximum atomic E-state index is 14.4. The first-order valence-electron chi connectivity index (χ1n) is 12.6. The number of hydrogen-bond donors (Lipinski definition) is 0. The first-order chi connectivity index (χ1) is 18.7. The minimum atomic E-state index is -5.03. The van der Waals surface area contributed by atoms with Crippen molar-refractivity contribution >= 4 is 12.0 Å². The van der Waals surface area contributed by atoms with Gasteiger partial charge in [0.05, 0.1) is 14.2 Å². The van der Waals surface area contributed by atoms with Crippen LogP contribution in [0.2, 0.25) is 0 Å². The van der Waals surface area contributed by atoms with Gasteiger partial charge in [0.25, 0.3) is 5.60 Å². The molecule has 8 heteroatoms. The molecule has 0 aliphatic rings. The SMILES string of the molecule is COc1ccc(/C=C/CC[C@@H](CCc2ccc(OC)cc2)OC(=O)[C@@](OC)(c2ccccc2)C(F)(F)F)cc1. The second-order valence-electron chi connectivity index (χ2n) is 8.92. The van der Waals surface area contributed by atoms with Crippen LogP contribution in [0.3, 0.4) is 0 Å². The van der Waals surface area contributed by atoms with Crippen LogP contribution in [-0.4, -0.2) is 39.6 Å². The van der Waals surface area contributed by atoms with Gasteiger partial charge in [0.1, 0.15) is 17.6 Å². The highest BCUT2D eigenvalue weighted by atomic mass is 19.4. The van der Waals surface area contributed by atoms with Crippen molar-refractivity contribution in [2.24, 2.45) is 0 Å². The number of rotatable bonds is 13. The quantitative estimate of drug-likeness (QED) is 0.215. The van der Waals surface area contributed by atoms with Crippen molar-refractivity contribution in [2.45, 2.75) is 43.6 Å². The summed E-state index contributed by atoms with van der Waals surface area (Å²) in [5.41, 5.74) is -1.67. The van der Waals surface area contributed by atoms with Crippen molar-refractivity contribution in [3.63, 3.8) is 0 Å². The minimum absolute atomic E-state index is 0.334. The summed E-state index contributed by atoms with van der Waals surface area (Å²) < 4.78 is 64.0. The van der Waals surface area contributed by atoms with Crippen LogP contribution >= 0.6 is 0 Å². The van der Waals surface area contributed by atoms with E-state index in [4.69, 9.17) is 18.9 Å². The van der Waals surface area contributed by atoms with Crippen molar-refractivity contribution in [2.75, 3.05) is 21.3 Å². The Morgan fingerprint density at radius 3 is 1.95 bits per heavy atom. The fraction of sp³-hybridized carbons (Fsp3) is 0.323. The first-order valence-corrected chi connectivity index (χ1v) is 12.6. The molecule has 0 N–H and O–H groups in total. The first kappa shape index (κ1) is 29.8. The van der Waals surface area contributed by atoms with Gasteiger partial charge in [-0.1, -0.05) is 66.7 Å². The largest absolute Gasteiger partial charge is 0.497 e. The van der Waals surface area contributed by atoms with Crippen molar-refractivity contribution < 1.29 is 36.9 Å². The molecule has 0 saturated carbocycles. The molecule has 0 aromatic heterocycles. The molecule has 0 saturated heterocycles. The van der Waals surface area contributed by atoms with Crippen LogP contribution in [0.15, 0.2) is 84.9 Å². The second-order valence-corrected chi connectivity index (χ2v) is 8.92. The Hall–Kier alpha value is -3.78. The molecule has 0 aliphatic heterocycles. The van der Waals surface area contributed by atoms with Gasteiger partial charge in [-0.15, -0.1) is 0 Å². The zero-order chi connectivity index (χ0) is 28.3. The van der Waals surface area contributed by atoms with Crippen LogP contribution in [0.25, 0.3) is 6.08 Å². The van der Waals surface area contributed by atoms with E-state index in [-0.39, 0.29) is 5.56 Å². The van der Waals surface area contributed by atoms with Gasteiger partial charge in [-0.05, 0) is 61.1 Å². The third kappa shape index (κ3) is 7.63. The topological polar surface area (TPSA) is 54.0 Å². The summed E-state index contributed by atoms with van der Waals surface area (Å²) in [6, 6.07) is 21.7. The van der Waals surface area contributed by atoms with Gasteiger partial charge in [-0.3, -0.25) is 0 Å². The number of hydrogen-bond acceptors (Lipinski definition) is 5. The second kappa shape index (κ2) is 13.8. The average Bonchev–Trinajstić information content (AvgIpc) is 2.95. The van der Waals surface area contributed by atoms with Gasteiger partial charge in [0, 0.05) is 12.7 Å². The lowest BCUT2D eigenvalue weighted by Crippen LogP contribution is -2.52. The summed E-state index contributed by atoms with van der Waals surface area (Å²) in [6.45, 7) is 0. The number of aryl methyl sites for hydroxylation is 1. The Morgan fingerprint density at radius 1 is 0.821 bits per heavy atom. The third-order valence-corrected chi connectivity index (χ3v) is 6.44. The van der Waals surface area contributed by atoms with Crippen LogP contribution < -0.4 is 9.47 Å². The fourth-order valence-electron chi connectivity index (χ4n) is 4.22. The normalized spacial score (nSPS) is 14.0. The maximum absolute atomic E-state index is 14.4. The van der Waals surface area contributed by atoms with Gasteiger partial charge in [-0.2, -0.15) is 13.2 Å². The molecule has 0 aliphatic carbocycles. The molecule has 39 heavy (non-hydrogen) atoms. The Bertz CT molecular complexity index is 1190. The van der Waals surface area contributed by atoms with Crippen LogP contribution in [0.1, 0.15) is 36.0 Å². The zero-order valence-corrected chi connectivity index (χ0v) is 22.2. The molecule has 3 rings (SSSR count). The van der Waals surface area contributed by atoms with Gasteiger partial charge in [-0.25, -0.2) is 4.79 Å². The number of carbonyl (C=O) groups is 1.